The zero-order chi connectivity index (χ0) is 26.1. The summed E-state index contributed by atoms with van der Waals surface area (Å²) in [6.45, 7) is 2.54. The Balaban J connectivity index is 1.12. The van der Waals surface area contributed by atoms with Crippen LogP contribution in [-0.4, -0.2) is 6.21 Å². The van der Waals surface area contributed by atoms with Crippen molar-refractivity contribution in [3.63, 3.8) is 0 Å². The van der Waals surface area contributed by atoms with Crippen molar-refractivity contribution in [1.82, 2.24) is 0 Å². The lowest BCUT2D eigenvalue weighted by Gasteiger charge is -2.37. The van der Waals surface area contributed by atoms with Crippen molar-refractivity contribution in [1.29, 1.82) is 0 Å². The van der Waals surface area contributed by atoms with Crippen molar-refractivity contribution in [3.8, 4) is 5.75 Å². The number of anilines is 1. The summed E-state index contributed by atoms with van der Waals surface area (Å²) in [5, 5.41) is 3.81. The number of aliphatic imine (C=N–C) groups is 1. The molecular weight excluding hydrogens is 539 g/mol. The number of nitrogens with zero attached hydrogens (tertiary/aromatic N) is 1. The SMILES string of the molecule is Cc1ccc2c(c1)[C@@H]1C=CC[C@@H]1[C@@H](c1ccc(N=Cc3ccc(OCc4ccc(F)cc4)c(Br)c3)cc1)N2. The van der Waals surface area contributed by atoms with Gasteiger partial charge in [0, 0.05) is 17.8 Å². The lowest BCUT2D eigenvalue weighted by molar-refractivity contribution is 0.304. The number of hydrogen-bond donors (Lipinski definition) is 1. The molecule has 0 aromatic heterocycles. The van der Waals surface area contributed by atoms with E-state index in [-0.39, 0.29) is 11.9 Å². The van der Waals surface area contributed by atoms with E-state index in [4.69, 9.17) is 9.73 Å². The molecule has 2 aliphatic rings. The maximum Gasteiger partial charge on any atom is 0.134 e. The molecule has 3 atom stereocenters. The fourth-order valence-corrected chi connectivity index (χ4v) is 5.93. The molecule has 1 N–H and O–H groups in total. The summed E-state index contributed by atoms with van der Waals surface area (Å²) in [5.74, 6) is 1.47. The van der Waals surface area contributed by atoms with Gasteiger partial charge in [-0.1, -0.05) is 54.1 Å². The first kappa shape index (κ1) is 24.6. The van der Waals surface area contributed by atoms with Crippen molar-refractivity contribution in [2.24, 2.45) is 10.9 Å². The van der Waals surface area contributed by atoms with Gasteiger partial charge in [-0.15, -0.1) is 0 Å². The van der Waals surface area contributed by atoms with Gasteiger partial charge in [-0.3, -0.25) is 4.99 Å². The average Bonchev–Trinajstić information content (AvgIpc) is 3.43. The van der Waals surface area contributed by atoms with Gasteiger partial charge in [0.05, 0.1) is 16.2 Å². The zero-order valence-corrected chi connectivity index (χ0v) is 22.7. The maximum absolute atomic E-state index is 13.1. The van der Waals surface area contributed by atoms with E-state index in [1.54, 1.807) is 12.1 Å². The van der Waals surface area contributed by atoms with Gasteiger partial charge in [0.25, 0.3) is 0 Å². The van der Waals surface area contributed by atoms with Gasteiger partial charge in [-0.25, -0.2) is 4.39 Å². The zero-order valence-electron chi connectivity index (χ0n) is 21.1. The molecule has 4 aromatic rings. The molecule has 4 aromatic carbocycles. The largest absolute Gasteiger partial charge is 0.488 e. The van der Waals surface area contributed by atoms with Gasteiger partial charge >= 0.3 is 0 Å². The molecule has 0 spiro atoms. The summed E-state index contributed by atoms with van der Waals surface area (Å²) in [6, 6.07) is 27.8. The normalized spacial score (nSPS) is 19.7. The molecule has 5 heteroatoms. The van der Waals surface area contributed by atoms with Crippen LogP contribution in [0.2, 0.25) is 0 Å². The summed E-state index contributed by atoms with van der Waals surface area (Å²) in [5.41, 5.74) is 8.05. The molecule has 0 bridgehead atoms. The van der Waals surface area contributed by atoms with E-state index in [1.807, 2.05) is 24.4 Å². The van der Waals surface area contributed by atoms with Crippen LogP contribution in [0.3, 0.4) is 0 Å². The molecule has 0 fully saturated rings. The molecule has 0 radical (unpaired) electrons. The van der Waals surface area contributed by atoms with Gasteiger partial charge < -0.3 is 10.1 Å². The summed E-state index contributed by atoms with van der Waals surface area (Å²) in [4.78, 5) is 4.69. The lowest BCUT2D eigenvalue weighted by Crippen LogP contribution is -2.29. The Morgan fingerprint density at radius 3 is 2.61 bits per heavy atom. The van der Waals surface area contributed by atoms with E-state index in [9.17, 15) is 4.39 Å². The van der Waals surface area contributed by atoms with E-state index in [0.29, 0.717) is 18.4 Å². The van der Waals surface area contributed by atoms with E-state index < -0.39 is 0 Å². The van der Waals surface area contributed by atoms with Crippen molar-refractivity contribution in [2.75, 3.05) is 5.32 Å². The topological polar surface area (TPSA) is 33.6 Å². The second kappa shape index (κ2) is 10.6. The van der Waals surface area contributed by atoms with Gasteiger partial charge in [0.15, 0.2) is 0 Å². The van der Waals surface area contributed by atoms with Crippen LogP contribution in [0.1, 0.15) is 46.2 Å². The first-order chi connectivity index (χ1) is 18.5. The Morgan fingerprint density at radius 1 is 1.00 bits per heavy atom. The number of ether oxygens (including phenoxy) is 1. The number of hydrogen-bond acceptors (Lipinski definition) is 3. The third-order valence-corrected chi connectivity index (χ3v) is 8.02. The van der Waals surface area contributed by atoms with Crippen molar-refractivity contribution >= 4 is 33.5 Å². The highest BCUT2D eigenvalue weighted by Gasteiger charge is 2.37. The third-order valence-electron chi connectivity index (χ3n) is 7.40. The van der Waals surface area contributed by atoms with E-state index >= 15 is 0 Å². The Bertz CT molecular complexity index is 1510. The molecule has 190 valence electrons. The summed E-state index contributed by atoms with van der Waals surface area (Å²) in [6.07, 6.45) is 7.66. The standard InChI is InChI=1S/C33H28BrFN2O/c1-21-5-15-31-29(17-21)27-3-2-4-28(27)33(37-31)24-9-13-26(14-10-24)36-19-23-8-16-32(30(34)18-23)38-20-22-6-11-25(35)12-7-22/h2-3,5-19,27-28,33,37H,4,20H2,1H3/t27-,28+,33-/m1/s1. The minimum absolute atomic E-state index is 0.251. The van der Waals surface area contributed by atoms with Gasteiger partial charge in [0.1, 0.15) is 18.2 Å². The maximum atomic E-state index is 13.1. The highest BCUT2D eigenvalue weighted by Crippen LogP contribution is 2.50. The number of halogens is 2. The predicted octanol–water partition coefficient (Wildman–Crippen LogP) is 9.05. The number of aryl methyl sites for hydroxylation is 1. The summed E-state index contributed by atoms with van der Waals surface area (Å²) in [7, 11) is 0. The molecule has 3 nitrogen and oxygen atoms in total. The average molecular weight is 568 g/mol. The number of allylic oxidation sites excluding steroid dienone is 2. The molecule has 0 unspecified atom stereocenters. The first-order valence-electron chi connectivity index (χ1n) is 12.9. The lowest BCUT2D eigenvalue weighted by atomic mass is 9.76. The number of benzene rings is 4. The fourth-order valence-electron chi connectivity index (χ4n) is 5.42. The second-order valence-corrected chi connectivity index (χ2v) is 10.9. The Kier molecular flexibility index (Phi) is 6.86. The minimum Gasteiger partial charge on any atom is -0.488 e. The number of nitrogens with one attached hydrogen (secondary N) is 1. The molecule has 1 aliphatic carbocycles. The van der Waals surface area contributed by atoms with Crippen LogP contribution in [0.15, 0.2) is 107 Å². The van der Waals surface area contributed by atoms with E-state index in [0.717, 1.165) is 33.5 Å². The Labute approximate surface area is 231 Å². The van der Waals surface area contributed by atoms with Crippen LogP contribution in [0, 0.1) is 18.7 Å². The summed E-state index contributed by atoms with van der Waals surface area (Å²) >= 11 is 3.59. The highest BCUT2D eigenvalue weighted by atomic mass is 79.9. The molecule has 1 heterocycles. The molecule has 1 aliphatic heterocycles. The fraction of sp³-hybridized carbons (Fsp3) is 0.182. The highest BCUT2D eigenvalue weighted by molar-refractivity contribution is 9.10. The van der Waals surface area contributed by atoms with Crippen LogP contribution in [-0.2, 0) is 6.61 Å². The van der Waals surface area contributed by atoms with Crippen LogP contribution in [0.25, 0.3) is 0 Å². The quantitative estimate of drug-likeness (QED) is 0.186. The van der Waals surface area contributed by atoms with Crippen LogP contribution in [0.4, 0.5) is 15.8 Å². The molecule has 0 amide bonds. The van der Waals surface area contributed by atoms with Gasteiger partial charge in [0.2, 0.25) is 0 Å². The molecule has 0 saturated heterocycles. The van der Waals surface area contributed by atoms with E-state index in [2.05, 4.69) is 82.8 Å². The molecule has 6 rings (SSSR count). The van der Waals surface area contributed by atoms with E-state index in [1.165, 1.54) is 34.5 Å². The smallest absolute Gasteiger partial charge is 0.134 e. The van der Waals surface area contributed by atoms with Gasteiger partial charge in [-0.2, -0.15) is 0 Å². The Morgan fingerprint density at radius 2 is 1.82 bits per heavy atom. The molecule has 38 heavy (non-hydrogen) atoms. The van der Waals surface area contributed by atoms with Crippen LogP contribution < -0.4 is 10.1 Å². The number of fused-ring (bicyclic) bond motifs is 3. The van der Waals surface area contributed by atoms with Crippen molar-refractivity contribution < 1.29 is 9.13 Å². The van der Waals surface area contributed by atoms with Crippen molar-refractivity contribution in [2.45, 2.75) is 31.9 Å². The molecule has 0 saturated carbocycles. The van der Waals surface area contributed by atoms with Crippen LogP contribution in [0.5, 0.6) is 5.75 Å². The summed E-state index contributed by atoms with van der Waals surface area (Å²) < 4.78 is 19.8. The predicted molar refractivity (Wildman–Crippen MR) is 156 cm³/mol. The third kappa shape index (κ3) is 5.16. The number of rotatable bonds is 6. The second-order valence-electron chi connectivity index (χ2n) is 10.0. The molecular formula is C33H28BrFN2O. The minimum atomic E-state index is -0.251. The first-order valence-corrected chi connectivity index (χ1v) is 13.7. The Hall–Kier alpha value is -3.70. The van der Waals surface area contributed by atoms with Crippen molar-refractivity contribution in [3.05, 3.63) is 135 Å². The van der Waals surface area contributed by atoms with Gasteiger partial charge in [-0.05, 0) is 106 Å². The monoisotopic (exact) mass is 566 g/mol. The van der Waals surface area contributed by atoms with Crippen LogP contribution >= 0.6 is 15.9 Å².